The highest BCUT2D eigenvalue weighted by atomic mass is 19.1. The third-order valence-corrected chi connectivity index (χ3v) is 3.94. The van der Waals surface area contributed by atoms with Crippen LogP contribution in [0.2, 0.25) is 0 Å². The number of amides is 1. The zero-order valence-corrected chi connectivity index (χ0v) is 13.5. The Morgan fingerprint density at radius 2 is 1.88 bits per heavy atom. The number of rotatable bonds is 3. The number of anilines is 1. The van der Waals surface area contributed by atoms with Gasteiger partial charge in [0, 0.05) is 23.8 Å². The van der Waals surface area contributed by atoms with E-state index < -0.39 is 17.2 Å². The van der Waals surface area contributed by atoms with Gasteiger partial charge >= 0.3 is 0 Å². The van der Waals surface area contributed by atoms with Crippen molar-refractivity contribution in [2.24, 2.45) is 0 Å². The number of halogens is 1. The Kier molecular flexibility index (Phi) is 4.16. The maximum absolute atomic E-state index is 13.5. The van der Waals surface area contributed by atoms with Crippen LogP contribution in [0.1, 0.15) is 22.8 Å². The maximum Gasteiger partial charge on any atom is 0.261 e. The first-order chi connectivity index (χ1) is 11.5. The molecule has 0 atom stereocenters. The van der Waals surface area contributed by atoms with Crippen molar-refractivity contribution in [3.8, 4) is 0 Å². The normalized spacial score (nSPS) is 10.8. The molecular weight excluding hydrogens is 307 g/mol. The lowest BCUT2D eigenvalue weighted by Gasteiger charge is -2.12. The van der Waals surface area contributed by atoms with Gasteiger partial charge in [0.2, 0.25) is 5.43 Å². The summed E-state index contributed by atoms with van der Waals surface area (Å²) in [5, 5.41) is 2.91. The fourth-order valence-corrected chi connectivity index (χ4v) is 2.63. The topological polar surface area (TPSA) is 51.1 Å². The smallest absolute Gasteiger partial charge is 0.261 e. The fraction of sp³-hybridized carbons (Fsp3) is 0.158. The molecule has 1 aromatic heterocycles. The van der Waals surface area contributed by atoms with Crippen molar-refractivity contribution in [1.29, 1.82) is 0 Å². The van der Waals surface area contributed by atoms with Gasteiger partial charge in [-0.3, -0.25) is 9.59 Å². The second-order valence-electron chi connectivity index (χ2n) is 5.64. The molecule has 5 heteroatoms. The second kappa shape index (κ2) is 6.28. The van der Waals surface area contributed by atoms with Crippen molar-refractivity contribution in [2.45, 2.75) is 20.4 Å². The van der Waals surface area contributed by atoms with Gasteiger partial charge in [0.25, 0.3) is 5.91 Å². The number of fused-ring (bicyclic) bond motifs is 1. The molecule has 1 amide bonds. The number of hydrogen-bond acceptors (Lipinski definition) is 2. The quantitative estimate of drug-likeness (QED) is 0.798. The van der Waals surface area contributed by atoms with Gasteiger partial charge in [-0.05, 0) is 44.2 Å². The second-order valence-corrected chi connectivity index (χ2v) is 5.64. The molecule has 0 fully saturated rings. The summed E-state index contributed by atoms with van der Waals surface area (Å²) < 4.78 is 15.3. The van der Waals surface area contributed by atoms with Crippen LogP contribution in [-0.4, -0.2) is 10.5 Å². The number of carbonyl (C=O) groups is 1. The molecule has 0 aliphatic carbocycles. The highest BCUT2D eigenvalue weighted by Gasteiger charge is 2.16. The molecule has 3 rings (SSSR count). The van der Waals surface area contributed by atoms with E-state index in [-0.39, 0.29) is 10.9 Å². The molecule has 0 radical (unpaired) electrons. The van der Waals surface area contributed by atoms with Crippen LogP contribution in [-0.2, 0) is 6.54 Å². The van der Waals surface area contributed by atoms with Crippen molar-refractivity contribution in [2.75, 3.05) is 5.32 Å². The highest BCUT2D eigenvalue weighted by molar-refractivity contribution is 6.05. The lowest BCUT2D eigenvalue weighted by Crippen LogP contribution is -2.24. The third-order valence-electron chi connectivity index (χ3n) is 3.94. The van der Waals surface area contributed by atoms with E-state index in [4.69, 9.17) is 0 Å². The minimum atomic E-state index is -0.503. The Hall–Kier alpha value is -2.95. The monoisotopic (exact) mass is 324 g/mol. The number of nitrogens with zero attached hydrogens (tertiary/aromatic N) is 1. The Balaban J connectivity index is 2.08. The minimum absolute atomic E-state index is 0.00414. The van der Waals surface area contributed by atoms with Crippen molar-refractivity contribution in [3.63, 3.8) is 0 Å². The average molecular weight is 324 g/mol. The molecule has 0 spiro atoms. The Labute approximate surface area is 138 Å². The van der Waals surface area contributed by atoms with Crippen LogP contribution >= 0.6 is 0 Å². The number of pyridine rings is 1. The number of nitrogens with one attached hydrogen (secondary N) is 1. The molecule has 0 aliphatic rings. The standard InChI is InChI=1S/C19H17FN2O2/c1-3-22-11-16(18(23)15-10-13(20)6-9-17(15)22)19(24)21-14-7-4-12(2)5-8-14/h4-11H,3H2,1-2H3,(H,21,24). The fourth-order valence-electron chi connectivity index (χ4n) is 2.63. The van der Waals surface area contributed by atoms with E-state index in [9.17, 15) is 14.0 Å². The van der Waals surface area contributed by atoms with Gasteiger partial charge in [0.1, 0.15) is 11.4 Å². The third kappa shape index (κ3) is 2.93. The van der Waals surface area contributed by atoms with Gasteiger partial charge in [-0.1, -0.05) is 17.7 Å². The summed E-state index contributed by atoms with van der Waals surface area (Å²) in [6.07, 6.45) is 1.52. The maximum atomic E-state index is 13.5. The number of aromatic nitrogens is 1. The van der Waals surface area contributed by atoms with Crippen LogP contribution in [0.3, 0.4) is 0 Å². The van der Waals surface area contributed by atoms with Crippen LogP contribution in [0.15, 0.2) is 53.5 Å². The predicted octanol–water partition coefficient (Wildman–Crippen LogP) is 3.72. The molecule has 0 aliphatic heterocycles. The van der Waals surface area contributed by atoms with Crippen molar-refractivity contribution >= 4 is 22.5 Å². The van der Waals surface area contributed by atoms with E-state index >= 15 is 0 Å². The molecule has 2 aromatic carbocycles. The van der Waals surface area contributed by atoms with Crippen molar-refractivity contribution in [3.05, 3.63) is 75.8 Å². The van der Waals surface area contributed by atoms with Gasteiger partial charge in [-0.15, -0.1) is 0 Å². The zero-order chi connectivity index (χ0) is 17.3. The summed E-state index contributed by atoms with van der Waals surface area (Å²) >= 11 is 0. The predicted molar refractivity (Wildman–Crippen MR) is 93.0 cm³/mol. The SMILES string of the molecule is CCn1cc(C(=O)Nc2ccc(C)cc2)c(=O)c2cc(F)ccc21. The Morgan fingerprint density at radius 1 is 1.17 bits per heavy atom. The summed E-state index contributed by atoms with van der Waals surface area (Å²) in [7, 11) is 0. The van der Waals surface area contributed by atoms with E-state index in [1.807, 2.05) is 26.0 Å². The molecule has 0 unspecified atom stereocenters. The Morgan fingerprint density at radius 3 is 2.54 bits per heavy atom. The molecule has 1 heterocycles. The Bertz CT molecular complexity index is 975. The number of benzene rings is 2. The molecule has 0 saturated carbocycles. The number of hydrogen-bond donors (Lipinski definition) is 1. The van der Waals surface area contributed by atoms with Gasteiger partial charge in [0.15, 0.2) is 0 Å². The van der Waals surface area contributed by atoms with Crippen LogP contribution in [0.4, 0.5) is 10.1 Å². The summed E-state index contributed by atoms with van der Waals surface area (Å²) in [4.78, 5) is 25.1. The molecule has 122 valence electrons. The molecule has 1 N–H and O–H groups in total. The van der Waals surface area contributed by atoms with E-state index in [1.54, 1.807) is 22.8 Å². The number of carbonyl (C=O) groups excluding carboxylic acids is 1. The lowest BCUT2D eigenvalue weighted by molar-refractivity contribution is 0.102. The highest BCUT2D eigenvalue weighted by Crippen LogP contribution is 2.15. The largest absolute Gasteiger partial charge is 0.347 e. The lowest BCUT2D eigenvalue weighted by atomic mass is 10.1. The summed E-state index contributed by atoms with van der Waals surface area (Å²) in [6.45, 7) is 4.41. The molecular formula is C19H17FN2O2. The first-order valence-corrected chi connectivity index (χ1v) is 7.70. The summed E-state index contributed by atoms with van der Waals surface area (Å²) in [5.41, 5.74) is 1.81. The first-order valence-electron chi connectivity index (χ1n) is 7.70. The van der Waals surface area contributed by atoms with Crippen LogP contribution in [0.5, 0.6) is 0 Å². The molecule has 0 bridgehead atoms. The van der Waals surface area contributed by atoms with Crippen LogP contribution in [0.25, 0.3) is 10.9 Å². The molecule has 3 aromatic rings. The van der Waals surface area contributed by atoms with Crippen LogP contribution < -0.4 is 10.7 Å². The zero-order valence-electron chi connectivity index (χ0n) is 13.5. The van der Waals surface area contributed by atoms with E-state index in [0.29, 0.717) is 17.7 Å². The molecule has 4 nitrogen and oxygen atoms in total. The summed E-state index contributed by atoms with van der Waals surface area (Å²) in [6, 6.07) is 11.3. The molecule has 0 saturated heterocycles. The van der Waals surface area contributed by atoms with E-state index in [2.05, 4.69) is 5.32 Å². The van der Waals surface area contributed by atoms with Gasteiger partial charge in [0.05, 0.1) is 5.52 Å². The summed E-state index contributed by atoms with van der Waals surface area (Å²) in [5.74, 6) is -1.00. The van der Waals surface area contributed by atoms with Crippen molar-refractivity contribution in [1.82, 2.24) is 4.57 Å². The minimum Gasteiger partial charge on any atom is -0.347 e. The van der Waals surface area contributed by atoms with Gasteiger partial charge in [-0.25, -0.2) is 4.39 Å². The van der Waals surface area contributed by atoms with Gasteiger partial charge < -0.3 is 9.88 Å². The average Bonchev–Trinajstić information content (AvgIpc) is 2.57. The van der Waals surface area contributed by atoms with E-state index in [0.717, 1.165) is 5.56 Å². The molecule has 24 heavy (non-hydrogen) atoms. The van der Waals surface area contributed by atoms with Gasteiger partial charge in [-0.2, -0.15) is 0 Å². The van der Waals surface area contributed by atoms with E-state index in [1.165, 1.54) is 18.3 Å². The van der Waals surface area contributed by atoms with Crippen molar-refractivity contribution < 1.29 is 9.18 Å². The van der Waals surface area contributed by atoms with Crippen LogP contribution in [0, 0.1) is 12.7 Å². The first kappa shape index (κ1) is 15.9. The number of aryl methyl sites for hydroxylation is 2.